The molecule has 0 spiro atoms. The number of aliphatic hydroxyl groups is 1. The summed E-state index contributed by atoms with van der Waals surface area (Å²) < 4.78 is 36.4. The molecule has 0 radical (unpaired) electrons. The van der Waals surface area contributed by atoms with E-state index in [2.05, 4.69) is 4.98 Å². The second-order valence-corrected chi connectivity index (χ2v) is 2.50. The first-order valence-corrected chi connectivity index (χ1v) is 3.31. The number of alkyl halides is 3. The third kappa shape index (κ3) is 1.61. The van der Waals surface area contributed by atoms with Crippen LogP contribution >= 0.6 is 0 Å². The van der Waals surface area contributed by atoms with Gasteiger partial charge in [0.25, 0.3) is 0 Å². The lowest BCUT2D eigenvalue weighted by Gasteiger charge is -2.04. The van der Waals surface area contributed by atoms with Crippen molar-refractivity contribution in [2.45, 2.75) is 19.7 Å². The molecule has 0 aliphatic carbocycles. The van der Waals surface area contributed by atoms with Gasteiger partial charge in [-0.1, -0.05) is 0 Å². The molecule has 1 heterocycles. The van der Waals surface area contributed by atoms with E-state index in [0.29, 0.717) is 5.69 Å². The Morgan fingerprint density at radius 1 is 1.50 bits per heavy atom. The van der Waals surface area contributed by atoms with E-state index in [9.17, 15) is 13.2 Å². The fourth-order valence-electron chi connectivity index (χ4n) is 1.02. The minimum absolute atomic E-state index is 0.181. The maximum absolute atomic E-state index is 12.1. The van der Waals surface area contributed by atoms with E-state index in [1.807, 2.05) is 0 Å². The van der Waals surface area contributed by atoms with Crippen LogP contribution < -0.4 is 0 Å². The number of aromatic amines is 1. The van der Waals surface area contributed by atoms with Crippen LogP contribution in [0.2, 0.25) is 0 Å². The lowest BCUT2D eigenvalue weighted by Crippen LogP contribution is -2.06. The molecule has 1 rings (SSSR count). The lowest BCUT2D eigenvalue weighted by molar-refractivity contribution is -0.138. The number of aromatic nitrogens is 1. The molecular formula is C7H8F3NO. The molecule has 0 saturated heterocycles. The van der Waals surface area contributed by atoms with Crippen molar-refractivity contribution in [2.24, 2.45) is 0 Å². The summed E-state index contributed by atoms with van der Waals surface area (Å²) in [5, 5.41) is 8.56. The highest BCUT2D eigenvalue weighted by molar-refractivity contribution is 5.27. The van der Waals surface area contributed by atoms with Crippen molar-refractivity contribution in [3.8, 4) is 0 Å². The number of halogens is 3. The standard InChI is InChI=1S/C7H8F3NO/c1-4-2-5(7(8,9)10)6(3-12)11-4/h2,11-12H,3H2,1H3. The summed E-state index contributed by atoms with van der Waals surface area (Å²) in [6.45, 7) is 0.886. The number of H-pyrrole nitrogens is 1. The third-order valence-corrected chi connectivity index (χ3v) is 1.50. The van der Waals surface area contributed by atoms with Gasteiger partial charge < -0.3 is 10.1 Å². The largest absolute Gasteiger partial charge is 0.418 e. The molecule has 0 bridgehead atoms. The fourth-order valence-corrected chi connectivity index (χ4v) is 1.02. The van der Waals surface area contributed by atoms with Crippen LogP contribution in [0.25, 0.3) is 0 Å². The van der Waals surface area contributed by atoms with Crippen LogP contribution in [-0.4, -0.2) is 10.1 Å². The van der Waals surface area contributed by atoms with Crippen LogP contribution in [0.5, 0.6) is 0 Å². The minimum Gasteiger partial charge on any atom is -0.390 e. The highest BCUT2D eigenvalue weighted by Crippen LogP contribution is 2.32. The molecule has 1 aromatic heterocycles. The molecule has 12 heavy (non-hydrogen) atoms. The Kier molecular flexibility index (Phi) is 2.14. The van der Waals surface area contributed by atoms with Gasteiger partial charge in [0, 0.05) is 5.69 Å². The van der Waals surface area contributed by atoms with Crippen molar-refractivity contribution in [2.75, 3.05) is 0 Å². The molecule has 0 aliphatic rings. The van der Waals surface area contributed by atoms with Crippen molar-refractivity contribution >= 4 is 0 Å². The molecule has 2 N–H and O–H groups in total. The lowest BCUT2D eigenvalue weighted by atomic mass is 10.2. The fraction of sp³-hybridized carbons (Fsp3) is 0.429. The molecule has 0 atom stereocenters. The van der Waals surface area contributed by atoms with E-state index in [1.165, 1.54) is 6.92 Å². The zero-order valence-electron chi connectivity index (χ0n) is 6.37. The van der Waals surface area contributed by atoms with Gasteiger partial charge in [-0.15, -0.1) is 0 Å². The van der Waals surface area contributed by atoms with Crippen molar-refractivity contribution in [3.05, 3.63) is 23.0 Å². The van der Waals surface area contributed by atoms with Crippen molar-refractivity contribution in [1.29, 1.82) is 0 Å². The summed E-state index contributed by atoms with van der Waals surface area (Å²) in [4.78, 5) is 2.43. The van der Waals surface area contributed by atoms with Crippen molar-refractivity contribution in [3.63, 3.8) is 0 Å². The highest BCUT2D eigenvalue weighted by atomic mass is 19.4. The summed E-state index contributed by atoms with van der Waals surface area (Å²) >= 11 is 0. The second-order valence-electron chi connectivity index (χ2n) is 2.50. The van der Waals surface area contributed by atoms with Crippen molar-refractivity contribution in [1.82, 2.24) is 4.98 Å². The molecule has 0 unspecified atom stereocenters. The average Bonchev–Trinajstić information content (AvgIpc) is 2.29. The SMILES string of the molecule is Cc1cc(C(F)(F)F)c(CO)[nH]1. The molecular weight excluding hydrogens is 171 g/mol. The van der Waals surface area contributed by atoms with Gasteiger partial charge in [0.2, 0.25) is 0 Å². The van der Waals surface area contributed by atoms with Gasteiger partial charge in [-0.2, -0.15) is 13.2 Å². The summed E-state index contributed by atoms with van der Waals surface area (Å²) in [5.41, 5.74) is -0.575. The number of hydrogen-bond donors (Lipinski definition) is 2. The summed E-state index contributed by atoms with van der Waals surface area (Å²) in [6.07, 6.45) is -4.39. The Labute approximate surface area is 67.0 Å². The Hall–Kier alpha value is -0.970. The Morgan fingerprint density at radius 2 is 2.08 bits per heavy atom. The van der Waals surface area contributed by atoms with Crippen LogP contribution in [-0.2, 0) is 12.8 Å². The van der Waals surface area contributed by atoms with E-state index >= 15 is 0 Å². The van der Waals surface area contributed by atoms with E-state index < -0.39 is 18.3 Å². The zero-order valence-corrected chi connectivity index (χ0v) is 6.37. The molecule has 0 fully saturated rings. The zero-order chi connectivity index (χ0) is 9.35. The van der Waals surface area contributed by atoms with E-state index in [-0.39, 0.29) is 5.69 Å². The van der Waals surface area contributed by atoms with Crippen LogP contribution in [0.15, 0.2) is 6.07 Å². The predicted molar refractivity (Wildman–Crippen MR) is 36.5 cm³/mol. The van der Waals surface area contributed by atoms with Crippen molar-refractivity contribution < 1.29 is 18.3 Å². The number of rotatable bonds is 1. The topological polar surface area (TPSA) is 36.0 Å². The number of aliphatic hydroxyl groups excluding tert-OH is 1. The van der Waals surface area contributed by atoms with Gasteiger partial charge in [-0.25, -0.2) is 0 Å². The smallest absolute Gasteiger partial charge is 0.390 e. The number of hydrogen-bond acceptors (Lipinski definition) is 1. The monoisotopic (exact) mass is 179 g/mol. The maximum Gasteiger partial charge on any atom is 0.418 e. The molecule has 1 aromatic rings. The molecule has 2 nitrogen and oxygen atoms in total. The van der Waals surface area contributed by atoms with Crippen LogP contribution in [0, 0.1) is 6.92 Å². The average molecular weight is 179 g/mol. The third-order valence-electron chi connectivity index (χ3n) is 1.50. The van der Waals surface area contributed by atoms with E-state index in [4.69, 9.17) is 5.11 Å². The van der Waals surface area contributed by atoms with Gasteiger partial charge in [0.1, 0.15) is 0 Å². The molecule has 0 aliphatic heterocycles. The van der Waals surface area contributed by atoms with E-state index in [1.54, 1.807) is 0 Å². The molecule has 0 amide bonds. The highest BCUT2D eigenvalue weighted by Gasteiger charge is 2.34. The Bertz CT molecular complexity index is 277. The maximum atomic E-state index is 12.1. The van der Waals surface area contributed by atoms with Gasteiger partial charge in [-0.3, -0.25) is 0 Å². The Balaban J connectivity index is 3.13. The van der Waals surface area contributed by atoms with Gasteiger partial charge in [0.15, 0.2) is 0 Å². The predicted octanol–water partition coefficient (Wildman–Crippen LogP) is 1.83. The first kappa shape index (κ1) is 9.12. The van der Waals surface area contributed by atoms with E-state index in [0.717, 1.165) is 6.07 Å². The first-order valence-electron chi connectivity index (χ1n) is 3.31. The second kappa shape index (κ2) is 2.82. The molecule has 68 valence electrons. The van der Waals surface area contributed by atoms with Crippen LogP contribution in [0.4, 0.5) is 13.2 Å². The van der Waals surface area contributed by atoms with Gasteiger partial charge in [-0.05, 0) is 13.0 Å². The number of nitrogens with one attached hydrogen (secondary N) is 1. The number of aryl methyl sites for hydroxylation is 1. The minimum atomic E-state index is -4.39. The van der Waals surface area contributed by atoms with Gasteiger partial charge in [0.05, 0.1) is 17.9 Å². The first-order chi connectivity index (χ1) is 5.45. The summed E-state index contributed by atoms with van der Waals surface area (Å²) in [6, 6.07) is 0.978. The quantitative estimate of drug-likeness (QED) is 0.677. The summed E-state index contributed by atoms with van der Waals surface area (Å²) in [7, 11) is 0. The molecule has 0 saturated carbocycles. The molecule has 0 aromatic carbocycles. The normalized spacial score (nSPS) is 12.1. The van der Waals surface area contributed by atoms with Crippen LogP contribution in [0.3, 0.4) is 0 Å². The molecule has 5 heteroatoms. The Morgan fingerprint density at radius 3 is 2.42 bits per heavy atom. The van der Waals surface area contributed by atoms with Crippen LogP contribution in [0.1, 0.15) is 17.0 Å². The summed E-state index contributed by atoms with van der Waals surface area (Å²) in [5.74, 6) is 0. The van der Waals surface area contributed by atoms with Gasteiger partial charge >= 0.3 is 6.18 Å².